The molecule has 0 saturated carbocycles. The molecule has 0 unspecified atom stereocenters. The van der Waals surface area contributed by atoms with Gasteiger partial charge in [-0.2, -0.15) is 0 Å². The molecule has 0 spiro atoms. The Morgan fingerprint density at radius 3 is 2.50 bits per heavy atom. The molecule has 0 saturated heterocycles. The van der Waals surface area contributed by atoms with Crippen LogP contribution in [-0.4, -0.2) is 9.97 Å². The SMILES string of the molecule is Brc1ncc(-c2cccnc2-c2ccccc2)s1. The summed E-state index contributed by atoms with van der Waals surface area (Å²) in [5.74, 6) is 0. The fraction of sp³-hybridized carbons (Fsp3) is 0. The fourth-order valence-electron chi connectivity index (χ4n) is 1.81. The van der Waals surface area contributed by atoms with E-state index in [1.54, 1.807) is 11.3 Å². The maximum Gasteiger partial charge on any atom is 0.159 e. The van der Waals surface area contributed by atoms with Crippen LogP contribution in [0.2, 0.25) is 0 Å². The highest BCUT2D eigenvalue weighted by Crippen LogP contribution is 2.34. The zero-order chi connectivity index (χ0) is 12.4. The van der Waals surface area contributed by atoms with Gasteiger partial charge in [-0.25, -0.2) is 4.98 Å². The third kappa shape index (κ3) is 2.21. The number of benzene rings is 1. The van der Waals surface area contributed by atoms with Crippen LogP contribution in [0.1, 0.15) is 0 Å². The number of pyridine rings is 1. The molecule has 88 valence electrons. The van der Waals surface area contributed by atoms with Gasteiger partial charge in [-0.3, -0.25) is 4.98 Å². The van der Waals surface area contributed by atoms with Crippen molar-refractivity contribution in [3.05, 3.63) is 58.8 Å². The number of halogens is 1. The summed E-state index contributed by atoms with van der Waals surface area (Å²) < 4.78 is 0.889. The Balaban J connectivity index is 2.17. The summed E-state index contributed by atoms with van der Waals surface area (Å²) in [6, 6.07) is 14.2. The van der Waals surface area contributed by atoms with Gasteiger partial charge in [-0.15, -0.1) is 11.3 Å². The van der Waals surface area contributed by atoms with Crippen molar-refractivity contribution in [1.29, 1.82) is 0 Å². The van der Waals surface area contributed by atoms with Crippen molar-refractivity contribution in [3.63, 3.8) is 0 Å². The number of hydrogen-bond donors (Lipinski definition) is 0. The predicted octanol–water partition coefficient (Wildman–Crippen LogP) is 4.63. The van der Waals surface area contributed by atoms with Crippen molar-refractivity contribution < 1.29 is 0 Å². The fourth-order valence-corrected chi connectivity index (χ4v) is 3.10. The Labute approximate surface area is 117 Å². The summed E-state index contributed by atoms with van der Waals surface area (Å²) >= 11 is 5.01. The minimum atomic E-state index is 0.889. The molecule has 0 N–H and O–H groups in total. The van der Waals surface area contributed by atoms with E-state index in [1.807, 2.05) is 36.7 Å². The minimum absolute atomic E-state index is 0.889. The third-order valence-corrected chi connectivity index (χ3v) is 4.11. The Hall–Kier alpha value is -1.52. The van der Waals surface area contributed by atoms with E-state index in [-0.39, 0.29) is 0 Å². The lowest BCUT2D eigenvalue weighted by molar-refractivity contribution is 1.32. The Morgan fingerprint density at radius 1 is 0.944 bits per heavy atom. The molecule has 0 aliphatic rings. The number of aromatic nitrogens is 2. The number of rotatable bonds is 2. The highest BCUT2D eigenvalue weighted by molar-refractivity contribution is 9.11. The van der Waals surface area contributed by atoms with E-state index in [2.05, 4.69) is 44.1 Å². The standard InChI is InChI=1S/C14H9BrN2S/c15-14-17-9-12(18-14)11-7-4-8-16-13(11)10-5-2-1-3-6-10/h1-9H. The number of nitrogens with zero attached hydrogens (tertiary/aromatic N) is 2. The maximum atomic E-state index is 4.50. The van der Waals surface area contributed by atoms with Crippen molar-refractivity contribution in [2.45, 2.75) is 0 Å². The van der Waals surface area contributed by atoms with Crippen molar-refractivity contribution in [2.75, 3.05) is 0 Å². The van der Waals surface area contributed by atoms with Gasteiger partial charge in [-0.05, 0) is 28.1 Å². The first-order valence-electron chi connectivity index (χ1n) is 5.47. The van der Waals surface area contributed by atoms with E-state index in [4.69, 9.17) is 0 Å². The lowest BCUT2D eigenvalue weighted by Gasteiger charge is -2.06. The van der Waals surface area contributed by atoms with Crippen molar-refractivity contribution in [1.82, 2.24) is 9.97 Å². The molecule has 0 aliphatic carbocycles. The van der Waals surface area contributed by atoms with Gasteiger partial charge in [0.1, 0.15) is 0 Å². The van der Waals surface area contributed by atoms with Gasteiger partial charge in [0, 0.05) is 23.5 Å². The molecule has 4 heteroatoms. The molecule has 0 fully saturated rings. The molecule has 0 aliphatic heterocycles. The molecule has 0 radical (unpaired) electrons. The minimum Gasteiger partial charge on any atom is -0.256 e. The van der Waals surface area contributed by atoms with E-state index >= 15 is 0 Å². The second kappa shape index (κ2) is 5.00. The summed E-state index contributed by atoms with van der Waals surface area (Å²) in [5, 5.41) is 0. The largest absolute Gasteiger partial charge is 0.256 e. The van der Waals surface area contributed by atoms with Crippen LogP contribution in [0.3, 0.4) is 0 Å². The lowest BCUT2D eigenvalue weighted by Crippen LogP contribution is -1.86. The van der Waals surface area contributed by atoms with Crippen LogP contribution in [0.5, 0.6) is 0 Å². The molecule has 2 nitrogen and oxygen atoms in total. The molecule has 18 heavy (non-hydrogen) atoms. The van der Waals surface area contributed by atoms with Gasteiger partial charge < -0.3 is 0 Å². The van der Waals surface area contributed by atoms with Crippen LogP contribution in [0.25, 0.3) is 21.7 Å². The predicted molar refractivity (Wildman–Crippen MR) is 78.5 cm³/mol. The number of thiazole rings is 1. The van der Waals surface area contributed by atoms with Gasteiger partial charge in [-0.1, -0.05) is 30.3 Å². The molecule has 2 aromatic heterocycles. The van der Waals surface area contributed by atoms with Crippen LogP contribution >= 0.6 is 27.3 Å². The molecular weight excluding hydrogens is 308 g/mol. The molecule has 2 heterocycles. The molecular formula is C14H9BrN2S. The van der Waals surface area contributed by atoms with E-state index in [9.17, 15) is 0 Å². The average Bonchev–Trinajstić information content (AvgIpc) is 2.86. The maximum absolute atomic E-state index is 4.50. The third-order valence-electron chi connectivity index (χ3n) is 2.60. The average molecular weight is 317 g/mol. The smallest absolute Gasteiger partial charge is 0.159 e. The number of hydrogen-bond acceptors (Lipinski definition) is 3. The second-order valence-corrected chi connectivity index (χ2v) is 6.05. The normalized spacial score (nSPS) is 10.5. The Bertz CT molecular complexity index is 664. The summed E-state index contributed by atoms with van der Waals surface area (Å²) in [4.78, 5) is 9.85. The van der Waals surface area contributed by atoms with Crippen LogP contribution in [0.4, 0.5) is 0 Å². The first kappa shape index (κ1) is 11.6. The summed E-state index contributed by atoms with van der Waals surface area (Å²) in [6.45, 7) is 0. The van der Waals surface area contributed by atoms with Crippen LogP contribution < -0.4 is 0 Å². The van der Waals surface area contributed by atoms with Crippen molar-refractivity contribution in [2.24, 2.45) is 0 Å². The van der Waals surface area contributed by atoms with Crippen molar-refractivity contribution >= 4 is 27.3 Å². The first-order valence-corrected chi connectivity index (χ1v) is 7.08. The summed E-state index contributed by atoms with van der Waals surface area (Å²) in [7, 11) is 0. The van der Waals surface area contributed by atoms with E-state index in [0.29, 0.717) is 0 Å². The Kier molecular flexibility index (Phi) is 3.21. The molecule has 0 amide bonds. The molecule has 3 rings (SSSR count). The highest BCUT2D eigenvalue weighted by atomic mass is 79.9. The van der Waals surface area contributed by atoms with Crippen LogP contribution in [0, 0.1) is 0 Å². The van der Waals surface area contributed by atoms with Gasteiger partial charge in [0.2, 0.25) is 0 Å². The zero-order valence-electron chi connectivity index (χ0n) is 9.38. The topological polar surface area (TPSA) is 25.8 Å². The Morgan fingerprint density at radius 2 is 1.78 bits per heavy atom. The van der Waals surface area contributed by atoms with Gasteiger partial charge >= 0.3 is 0 Å². The van der Waals surface area contributed by atoms with Gasteiger partial charge in [0.25, 0.3) is 0 Å². The molecule has 0 bridgehead atoms. The van der Waals surface area contributed by atoms with Gasteiger partial charge in [0.05, 0.1) is 10.6 Å². The van der Waals surface area contributed by atoms with E-state index < -0.39 is 0 Å². The van der Waals surface area contributed by atoms with Gasteiger partial charge in [0.15, 0.2) is 3.92 Å². The highest BCUT2D eigenvalue weighted by Gasteiger charge is 2.10. The van der Waals surface area contributed by atoms with Crippen LogP contribution in [-0.2, 0) is 0 Å². The summed E-state index contributed by atoms with van der Waals surface area (Å²) in [5.41, 5.74) is 3.23. The van der Waals surface area contributed by atoms with E-state index in [0.717, 1.165) is 25.6 Å². The summed E-state index contributed by atoms with van der Waals surface area (Å²) in [6.07, 6.45) is 3.69. The zero-order valence-corrected chi connectivity index (χ0v) is 11.8. The first-order chi connectivity index (χ1) is 8.84. The quantitative estimate of drug-likeness (QED) is 0.688. The molecule has 0 atom stereocenters. The molecule has 1 aromatic carbocycles. The monoisotopic (exact) mass is 316 g/mol. The second-order valence-electron chi connectivity index (χ2n) is 3.74. The van der Waals surface area contributed by atoms with E-state index in [1.165, 1.54) is 0 Å². The molecule has 3 aromatic rings. The van der Waals surface area contributed by atoms with Crippen molar-refractivity contribution in [3.8, 4) is 21.7 Å². The van der Waals surface area contributed by atoms with Crippen LogP contribution in [0.15, 0.2) is 58.8 Å². The lowest BCUT2D eigenvalue weighted by atomic mass is 10.1.